The van der Waals surface area contributed by atoms with Crippen LogP contribution < -0.4 is 38.1 Å². The van der Waals surface area contributed by atoms with Crippen LogP contribution in [0.1, 0.15) is 39.5 Å². The average Bonchev–Trinajstić information content (AvgIpc) is 2.96. The third-order valence-corrected chi connectivity index (χ3v) is 6.31. The van der Waals surface area contributed by atoms with E-state index in [0.717, 1.165) is 0 Å². The van der Waals surface area contributed by atoms with Crippen LogP contribution in [0.5, 0.6) is 0 Å². The first-order valence-corrected chi connectivity index (χ1v) is 13.2. The van der Waals surface area contributed by atoms with Crippen molar-refractivity contribution >= 4 is 47.4 Å². The summed E-state index contributed by atoms with van der Waals surface area (Å²) in [5.41, 5.74) is 10.6. The third-order valence-electron chi connectivity index (χ3n) is 6.31. The number of carbonyl (C=O) groups excluding carboxylic acids is 5. The van der Waals surface area contributed by atoms with Crippen molar-refractivity contribution in [3.63, 3.8) is 0 Å². The summed E-state index contributed by atoms with van der Waals surface area (Å²) in [6.07, 6.45) is -0.336. The zero-order chi connectivity index (χ0) is 33.3. The number of carboxylic acid groups (broad SMARTS) is 2. The molecule has 19 heteroatoms. The fraction of sp³-hybridized carbons (Fsp3) is 0.667. The summed E-state index contributed by atoms with van der Waals surface area (Å²) >= 11 is 0. The van der Waals surface area contributed by atoms with Crippen molar-refractivity contribution < 1.29 is 54.0 Å². The molecule has 0 aromatic heterocycles. The van der Waals surface area contributed by atoms with Gasteiger partial charge in [0.25, 0.3) is 0 Å². The maximum absolute atomic E-state index is 13.2. The minimum atomic E-state index is -1.75. The number of nitrogens with two attached hydrogens (primary N) is 2. The molecule has 0 heterocycles. The van der Waals surface area contributed by atoms with E-state index in [1.807, 2.05) is 5.32 Å². The van der Waals surface area contributed by atoms with Gasteiger partial charge in [0.15, 0.2) is 5.96 Å². The summed E-state index contributed by atoms with van der Waals surface area (Å²) in [5, 5.41) is 49.0. The highest BCUT2D eigenvalue weighted by Crippen LogP contribution is 2.10. The predicted molar refractivity (Wildman–Crippen MR) is 149 cm³/mol. The summed E-state index contributed by atoms with van der Waals surface area (Å²) in [6, 6.07) is -5.79. The first-order chi connectivity index (χ1) is 20.1. The molecule has 5 amide bonds. The van der Waals surface area contributed by atoms with Crippen molar-refractivity contribution in [3.8, 4) is 0 Å². The summed E-state index contributed by atoms with van der Waals surface area (Å²) in [6.45, 7) is 0.742. The van der Waals surface area contributed by atoms with Gasteiger partial charge in [-0.25, -0.2) is 9.59 Å². The molecule has 0 rings (SSSR count). The number of hydrogen-bond acceptors (Lipinski definition) is 10. The van der Waals surface area contributed by atoms with Gasteiger partial charge < -0.3 is 58.5 Å². The minimum Gasteiger partial charge on any atom is -0.480 e. The molecule has 0 aromatic rings. The Morgan fingerprint density at radius 1 is 0.744 bits per heavy atom. The number of nitrogens with zero attached hydrogens (tertiary/aromatic N) is 1. The molecule has 244 valence electrons. The lowest BCUT2D eigenvalue weighted by Gasteiger charge is -2.28. The topological polar surface area (TPSA) is 325 Å². The molecule has 0 spiro atoms. The van der Waals surface area contributed by atoms with Gasteiger partial charge in [-0.3, -0.25) is 29.0 Å². The number of carbonyl (C=O) groups is 7. The lowest BCUT2D eigenvalue weighted by Crippen LogP contribution is -2.57. The van der Waals surface area contributed by atoms with E-state index in [2.05, 4.69) is 26.3 Å². The highest BCUT2D eigenvalue weighted by Gasteiger charge is 2.35. The van der Waals surface area contributed by atoms with Crippen molar-refractivity contribution in [1.29, 1.82) is 0 Å². The highest BCUT2D eigenvalue weighted by atomic mass is 16.4. The van der Waals surface area contributed by atoms with Crippen molar-refractivity contribution in [1.82, 2.24) is 26.6 Å². The normalized spacial score (nSPS) is 14.8. The van der Waals surface area contributed by atoms with Crippen molar-refractivity contribution in [2.24, 2.45) is 28.3 Å². The molecule has 6 atom stereocenters. The summed E-state index contributed by atoms with van der Waals surface area (Å²) in [5.74, 6) is -9.98. The second-order valence-corrected chi connectivity index (χ2v) is 9.54. The first kappa shape index (κ1) is 38.5. The fourth-order valence-electron chi connectivity index (χ4n) is 3.60. The molecule has 13 N–H and O–H groups in total. The van der Waals surface area contributed by atoms with Crippen LogP contribution in [-0.2, 0) is 33.6 Å². The van der Waals surface area contributed by atoms with Crippen molar-refractivity contribution in [2.75, 3.05) is 26.8 Å². The number of amides is 5. The number of hydrogen-bond donors (Lipinski definition) is 11. The smallest absolute Gasteiger partial charge is 0.327 e. The standard InChI is InChI=1S/C24H42N8O11/c1-11(19(37)30-14(22(40)41)6-7-16(35)27-3)15(9-33)31-21(39)13(5-4-8-28-24(25)26)29-20(38)12(2)18(23(42)43)32-17(36)10-34/h11-15,18,33-34H,4-10H2,1-3H3,(H,27,35)(H,29,38)(H,30,37)(H,31,39)(H,32,36)(H,40,41)(H,42,43)(H4,25,26,28)/t11-,12-,13-,14+,15-,18+/m0/s1. The Hall–Kier alpha value is -4.52. The molecule has 0 aliphatic rings. The zero-order valence-electron chi connectivity index (χ0n) is 24.2. The molecule has 0 radical (unpaired) electrons. The zero-order valence-corrected chi connectivity index (χ0v) is 24.2. The van der Waals surface area contributed by atoms with Gasteiger partial charge in [-0.2, -0.15) is 0 Å². The van der Waals surface area contributed by atoms with Crippen LogP contribution >= 0.6 is 0 Å². The van der Waals surface area contributed by atoms with Crippen molar-refractivity contribution in [3.05, 3.63) is 0 Å². The van der Waals surface area contributed by atoms with Gasteiger partial charge >= 0.3 is 11.9 Å². The molecular weight excluding hydrogens is 576 g/mol. The van der Waals surface area contributed by atoms with E-state index >= 15 is 0 Å². The lowest BCUT2D eigenvalue weighted by molar-refractivity contribution is -0.146. The molecule has 0 saturated carbocycles. The van der Waals surface area contributed by atoms with Gasteiger partial charge in [-0.15, -0.1) is 0 Å². The molecule has 0 fully saturated rings. The fourth-order valence-corrected chi connectivity index (χ4v) is 3.60. The molecular formula is C24H42N8O11. The molecule has 43 heavy (non-hydrogen) atoms. The van der Waals surface area contributed by atoms with Gasteiger partial charge in [0.1, 0.15) is 24.7 Å². The highest BCUT2D eigenvalue weighted by molar-refractivity contribution is 5.93. The van der Waals surface area contributed by atoms with Crippen LogP contribution in [0.15, 0.2) is 4.99 Å². The number of aliphatic carboxylic acids is 2. The van der Waals surface area contributed by atoms with Crippen molar-refractivity contribution in [2.45, 2.75) is 63.7 Å². The largest absolute Gasteiger partial charge is 0.480 e. The second kappa shape index (κ2) is 19.6. The Kier molecular flexibility index (Phi) is 17.5. The predicted octanol–water partition coefficient (Wildman–Crippen LogP) is -5.07. The number of guanidine groups is 1. The molecule has 0 unspecified atom stereocenters. The van der Waals surface area contributed by atoms with Gasteiger partial charge in [0.05, 0.1) is 24.5 Å². The molecule has 19 nitrogen and oxygen atoms in total. The van der Waals surface area contributed by atoms with E-state index in [1.165, 1.54) is 20.9 Å². The Morgan fingerprint density at radius 3 is 1.81 bits per heavy atom. The number of nitrogens with one attached hydrogen (secondary N) is 5. The molecule has 0 aliphatic carbocycles. The molecule has 0 saturated heterocycles. The van der Waals surface area contributed by atoms with E-state index in [1.54, 1.807) is 0 Å². The van der Waals surface area contributed by atoms with Gasteiger partial charge in [-0.1, -0.05) is 13.8 Å². The van der Waals surface area contributed by atoms with Crippen LogP contribution in [0.2, 0.25) is 0 Å². The van der Waals surface area contributed by atoms with E-state index in [0.29, 0.717) is 0 Å². The number of aliphatic hydroxyl groups excluding tert-OH is 2. The molecule has 0 aliphatic heterocycles. The van der Waals surface area contributed by atoms with E-state index in [4.69, 9.17) is 16.6 Å². The average molecular weight is 619 g/mol. The number of carboxylic acids is 2. The Balaban J connectivity index is 5.75. The van der Waals surface area contributed by atoms with Gasteiger partial charge in [0.2, 0.25) is 29.5 Å². The maximum atomic E-state index is 13.2. The lowest BCUT2D eigenvalue weighted by atomic mass is 9.98. The Bertz CT molecular complexity index is 1030. The van der Waals surface area contributed by atoms with Gasteiger partial charge in [-0.05, 0) is 19.3 Å². The Labute approximate surface area is 247 Å². The van der Waals surface area contributed by atoms with E-state index < -0.39 is 90.7 Å². The van der Waals surface area contributed by atoms with E-state index in [9.17, 15) is 48.9 Å². The molecule has 0 bridgehead atoms. The maximum Gasteiger partial charge on any atom is 0.327 e. The van der Waals surface area contributed by atoms with Crippen LogP contribution in [0.25, 0.3) is 0 Å². The van der Waals surface area contributed by atoms with Crippen LogP contribution in [-0.4, -0.2) is 119 Å². The molecule has 0 aromatic carbocycles. The summed E-state index contributed by atoms with van der Waals surface area (Å²) in [7, 11) is 1.37. The second-order valence-electron chi connectivity index (χ2n) is 9.54. The van der Waals surface area contributed by atoms with Gasteiger partial charge in [0, 0.05) is 20.0 Å². The van der Waals surface area contributed by atoms with E-state index in [-0.39, 0.29) is 38.2 Å². The van der Waals surface area contributed by atoms with Crippen LogP contribution in [0.4, 0.5) is 0 Å². The number of aliphatic imine (C=N–C) groups is 1. The summed E-state index contributed by atoms with van der Waals surface area (Å²) in [4.78, 5) is 88.8. The quantitative estimate of drug-likeness (QED) is 0.0346. The monoisotopic (exact) mass is 618 g/mol. The first-order valence-electron chi connectivity index (χ1n) is 13.2. The SMILES string of the molecule is CNC(=O)CC[C@@H](NC(=O)[C@@H](C)[C@H](CO)NC(=O)[C@H](CCCN=C(N)N)NC(=O)[C@@H](C)[C@@H](NC(=O)CO)C(=O)O)C(=O)O. The number of rotatable bonds is 20. The Morgan fingerprint density at radius 2 is 1.33 bits per heavy atom. The minimum absolute atomic E-state index is 0.0523. The van der Waals surface area contributed by atoms with Crippen LogP contribution in [0, 0.1) is 11.8 Å². The third kappa shape index (κ3) is 14.3. The summed E-state index contributed by atoms with van der Waals surface area (Å²) < 4.78 is 0. The van der Waals surface area contributed by atoms with Crippen LogP contribution in [0.3, 0.4) is 0 Å². The number of aliphatic hydroxyl groups is 2.